The van der Waals surface area contributed by atoms with Gasteiger partial charge in [-0.25, -0.2) is 9.18 Å². The van der Waals surface area contributed by atoms with E-state index in [4.69, 9.17) is 0 Å². The standard InChI is InChI=1S/C25H27FN8O5/c1-29-23-18(4-3-17(26)22(23)33(25(29)37)19-5-7-21(35)28-24(19)36)31-10-8-30(9-11-31)16-13-32(14-16)15-2-6-20(27-12-15)34(38)39/h2-4,6,12,16,19H,5,7-11,13-14H2,1H3,(H,28,35,36). The summed E-state index contributed by atoms with van der Waals surface area (Å²) in [5.41, 5.74) is 1.58. The van der Waals surface area contributed by atoms with Crippen LogP contribution >= 0.6 is 0 Å². The van der Waals surface area contributed by atoms with Crippen molar-refractivity contribution < 1.29 is 18.9 Å². The molecule has 3 aromatic rings. The van der Waals surface area contributed by atoms with Crippen LogP contribution in [-0.4, -0.2) is 81.1 Å². The lowest BCUT2D eigenvalue weighted by molar-refractivity contribution is -0.389. The normalized spacial score (nSPS) is 20.8. The van der Waals surface area contributed by atoms with Gasteiger partial charge in [0.2, 0.25) is 11.8 Å². The van der Waals surface area contributed by atoms with Gasteiger partial charge in [-0.15, -0.1) is 0 Å². The highest BCUT2D eigenvalue weighted by atomic mass is 19.1. The fourth-order valence-electron chi connectivity index (χ4n) is 5.83. The number of hydrogen-bond acceptors (Lipinski definition) is 9. The summed E-state index contributed by atoms with van der Waals surface area (Å²) in [6.45, 7) is 4.49. The van der Waals surface area contributed by atoms with Crippen LogP contribution in [0.15, 0.2) is 35.3 Å². The lowest BCUT2D eigenvalue weighted by Crippen LogP contribution is -2.63. The molecule has 1 unspecified atom stereocenters. The summed E-state index contributed by atoms with van der Waals surface area (Å²) in [6.07, 6.45) is 1.75. The molecule has 0 aliphatic carbocycles. The number of carbonyl (C=O) groups is 2. The highest BCUT2D eigenvalue weighted by Crippen LogP contribution is 2.33. The summed E-state index contributed by atoms with van der Waals surface area (Å²) in [6, 6.07) is 5.51. The molecule has 1 atom stereocenters. The molecule has 0 saturated carbocycles. The van der Waals surface area contributed by atoms with Crippen LogP contribution in [0.4, 0.5) is 21.6 Å². The summed E-state index contributed by atoms with van der Waals surface area (Å²) in [7, 11) is 1.57. The molecule has 3 aliphatic heterocycles. The van der Waals surface area contributed by atoms with E-state index in [9.17, 15) is 24.5 Å². The monoisotopic (exact) mass is 538 g/mol. The zero-order valence-electron chi connectivity index (χ0n) is 21.2. The van der Waals surface area contributed by atoms with E-state index < -0.39 is 34.3 Å². The van der Waals surface area contributed by atoms with E-state index in [2.05, 4.69) is 25.0 Å². The lowest BCUT2D eigenvalue weighted by Gasteiger charge is -2.49. The van der Waals surface area contributed by atoms with Crippen LogP contribution in [0.3, 0.4) is 0 Å². The van der Waals surface area contributed by atoms with E-state index in [-0.39, 0.29) is 24.2 Å². The number of piperidine rings is 1. The number of anilines is 2. The first-order valence-corrected chi connectivity index (χ1v) is 12.8. The van der Waals surface area contributed by atoms with Gasteiger partial charge in [0.05, 0.1) is 16.9 Å². The van der Waals surface area contributed by atoms with Crippen LogP contribution in [-0.2, 0) is 16.6 Å². The number of aryl methyl sites for hydroxylation is 1. The molecule has 3 fully saturated rings. The molecule has 39 heavy (non-hydrogen) atoms. The number of fused-ring (bicyclic) bond motifs is 1. The molecule has 2 amide bonds. The van der Waals surface area contributed by atoms with Gasteiger partial charge in [-0.05, 0) is 34.5 Å². The van der Waals surface area contributed by atoms with Crippen molar-refractivity contribution in [2.75, 3.05) is 49.1 Å². The molecule has 14 heteroatoms. The maximum atomic E-state index is 15.2. The molecule has 13 nitrogen and oxygen atoms in total. The van der Waals surface area contributed by atoms with Crippen LogP contribution < -0.4 is 20.8 Å². The van der Waals surface area contributed by atoms with Crippen molar-refractivity contribution in [3.63, 3.8) is 0 Å². The van der Waals surface area contributed by atoms with E-state index in [1.165, 1.54) is 27.5 Å². The average molecular weight is 539 g/mol. The number of nitro groups is 1. The van der Waals surface area contributed by atoms with Crippen molar-refractivity contribution >= 4 is 40.0 Å². The Morgan fingerprint density at radius 1 is 1.03 bits per heavy atom. The van der Waals surface area contributed by atoms with Crippen LogP contribution in [0.25, 0.3) is 11.0 Å². The number of piperazine rings is 1. The smallest absolute Gasteiger partial charge is 0.363 e. The Hall–Kier alpha value is -4.33. The fourth-order valence-corrected chi connectivity index (χ4v) is 5.83. The Kier molecular flexibility index (Phi) is 6.05. The molecule has 0 bridgehead atoms. The van der Waals surface area contributed by atoms with E-state index >= 15 is 4.39 Å². The Morgan fingerprint density at radius 3 is 2.41 bits per heavy atom. The molecule has 0 radical (unpaired) electrons. The maximum Gasteiger partial charge on any atom is 0.363 e. The molecule has 3 saturated heterocycles. The largest absolute Gasteiger partial charge is 0.367 e. The minimum atomic E-state index is -0.951. The third-order valence-electron chi connectivity index (χ3n) is 7.99. The molecule has 1 N–H and O–H groups in total. The Labute approximate surface area is 221 Å². The first kappa shape index (κ1) is 25.0. The minimum absolute atomic E-state index is 0.0725. The number of imide groups is 1. The first-order chi connectivity index (χ1) is 18.7. The first-order valence-electron chi connectivity index (χ1n) is 12.8. The lowest BCUT2D eigenvalue weighted by atomic mass is 10.0. The second-order valence-corrected chi connectivity index (χ2v) is 10.2. The quantitative estimate of drug-likeness (QED) is 0.284. The van der Waals surface area contributed by atoms with Gasteiger partial charge in [-0.1, -0.05) is 0 Å². The summed E-state index contributed by atoms with van der Waals surface area (Å²) < 4.78 is 17.7. The van der Waals surface area contributed by atoms with E-state index in [1.807, 2.05) is 0 Å². The van der Waals surface area contributed by atoms with E-state index in [0.717, 1.165) is 37.6 Å². The topological polar surface area (TPSA) is 139 Å². The van der Waals surface area contributed by atoms with Gasteiger partial charge in [-0.2, -0.15) is 0 Å². The van der Waals surface area contributed by atoms with Crippen molar-refractivity contribution in [3.8, 4) is 0 Å². The van der Waals surface area contributed by atoms with Crippen molar-refractivity contribution in [2.45, 2.75) is 24.9 Å². The summed E-state index contributed by atoms with van der Waals surface area (Å²) >= 11 is 0. The molecule has 2 aromatic heterocycles. The van der Waals surface area contributed by atoms with Crippen molar-refractivity contribution in [3.05, 3.63) is 56.9 Å². The van der Waals surface area contributed by atoms with Crippen LogP contribution in [0.2, 0.25) is 0 Å². The zero-order valence-corrected chi connectivity index (χ0v) is 21.2. The number of nitrogens with one attached hydrogen (secondary N) is 1. The zero-order chi connectivity index (χ0) is 27.4. The van der Waals surface area contributed by atoms with Crippen LogP contribution in [0.1, 0.15) is 18.9 Å². The van der Waals surface area contributed by atoms with Gasteiger partial charge in [0.25, 0.3) is 0 Å². The molecule has 0 spiro atoms. The van der Waals surface area contributed by atoms with Crippen molar-refractivity contribution in [1.82, 2.24) is 24.3 Å². The number of imidazole rings is 1. The fraction of sp³-hybridized carbons (Fsp3) is 0.440. The highest BCUT2D eigenvalue weighted by molar-refractivity contribution is 6.00. The maximum absolute atomic E-state index is 15.2. The third-order valence-corrected chi connectivity index (χ3v) is 7.99. The predicted octanol–water partition coefficient (Wildman–Crippen LogP) is 0.771. The van der Waals surface area contributed by atoms with Gasteiger partial charge in [0.1, 0.15) is 17.4 Å². The Bertz CT molecular complexity index is 1540. The predicted molar refractivity (Wildman–Crippen MR) is 139 cm³/mol. The molecule has 5 heterocycles. The summed E-state index contributed by atoms with van der Waals surface area (Å²) in [5, 5.41) is 13.1. The molecule has 1 aromatic carbocycles. The highest BCUT2D eigenvalue weighted by Gasteiger charge is 2.36. The van der Waals surface area contributed by atoms with E-state index in [1.54, 1.807) is 19.2 Å². The molecular weight excluding hydrogens is 511 g/mol. The van der Waals surface area contributed by atoms with Crippen molar-refractivity contribution in [1.29, 1.82) is 0 Å². The summed E-state index contributed by atoms with van der Waals surface area (Å²) in [5.74, 6) is -1.77. The number of benzene rings is 1. The number of nitrogens with zero attached hydrogens (tertiary/aromatic N) is 7. The number of pyridine rings is 1. The van der Waals surface area contributed by atoms with Gasteiger partial charge in [-0.3, -0.25) is 28.9 Å². The van der Waals surface area contributed by atoms with Crippen LogP contribution in [0, 0.1) is 15.9 Å². The Morgan fingerprint density at radius 2 is 1.77 bits per heavy atom. The van der Waals surface area contributed by atoms with Crippen LogP contribution in [0.5, 0.6) is 0 Å². The average Bonchev–Trinajstić information content (AvgIpc) is 3.15. The van der Waals surface area contributed by atoms with Gasteiger partial charge < -0.3 is 19.9 Å². The third kappa shape index (κ3) is 4.20. The Balaban J connectivity index is 1.17. The number of amides is 2. The summed E-state index contributed by atoms with van der Waals surface area (Å²) in [4.78, 5) is 58.2. The molecule has 3 aliphatic rings. The molecular formula is C25H27FN8O5. The number of aromatic nitrogens is 3. The SMILES string of the molecule is Cn1c(=O)n(C2CCC(=O)NC2=O)c2c(F)ccc(N3CCN(C4CN(c5ccc([N+](=O)[O-])nc5)C4)CC3)c21. The van der Waals surface area contributed by atoms with Gasteiger partial charge in [0.15, 0.2) is 6.20 Å². The number of hydrogen-bond donors (Lipinski definition) is 1. The number of rotatable bonds is 5. The second kappa shape index (κ2) is 9.45. The second-order valence-electron chi connectivity index (χ2n) is 10.2. The molecule has 6 rings (SSSR count). The van der Waals surface area contributed by atoms with E-state index in [0.29, 0.717) is 24.6 Å². The minimum Gasteiger partial charge on any atom is -0.367 e. The van der Waals surface area contributed by atoms with Crippen molar-refractivity contribution in [2.24, 2.45) is 7.05 Å². The van der Waals surface area contributed by atoms with Gasteiger partial charge in [0, 0.05) is 64.8 Å². The molecule has 204 valence electrons. The van der Waals surface area contributed by atoms with Gasteiger partial charge >= 0.3 is 11.5 Å². The number of carbonyl (C=O) groups excluding carboxylic acids is 2. The number of halogens is 1.